The molecular formula is C7H14N2OS. The van der Waals surface area contributed by atoms with E-state index < -0.39 is 0 Å². The topological polar surface area (TPSA) is 32.3 Å². The van der Waals surface area contributed by atoms with Gasteiger partial charge in [-0.2, -0.15) is 0 Å². The van der Waals surface area contributed by atoms with E-state index >= 15 is 0 Å². The van der Waals surface area contributed by atoms with Crippen molar-refractivity contribution in [1.29, 1.82) is 0 Å². The van der Waals surface area contributed by atoms with Gasteiger partial charge in [0.25, 0.3) is 0 Å². The summed E-state index contributed by atoms with van der Waals surface area (Å²) in [5.74, 6) is -0.00815. The van der Waals surface area contributed by atoms with Crippen LogP contribution in [0.25, 0.3) is 0 Å². The fourth-order valence-electron chi connectivity index (χ4n) is 0.521. The molecule has 0 unspecified atom stereocenters. The summed E-state index contributed by atoms with van der Waals surface area (Å²) in [6.45, 7) is 1.96. The maximum absolute atomic E-state index is 10.9. The first kappa shape index (κ1) is 10.4. The van der Waals surface area contributed by atoms with Gasteiger partial charge >= 0.3 is 0 Å². The predicted octanol–water partition coefficient (Wildman–Crippen LogP) is 0.749. The monoisotopic (exact) mass is 174 g/mol. The van der Waals surface area contributed by atoms with E-state index in [1.807, 2.05) is 6.92 Å². The molecule has 0 aromatic rings. The molecule has 11 heavy (non-hydrogen) atoms. The minimum absolute atomic E-state index is 0.00815. The Morgan fingerprint density at radius 2 is 2.09 bits per heavy atom. The highest BCUT2D eigenvalue weighted by atomic mass is 32.1. The van der Waals surface area contributed by atoms with Crippen LogP contribution < -0.4 is 5.32 Å². The molecule has 0 radical (unpaired) electrons. The Bertz CT molecular complexity index is 157. The number of rotatable bonds is 2. The number of nitrogens with one attached hydrogen (secondary N) is 1. The van der Waals surface area contributed by atoms with Crippen molar-refractivity contribution < 1.29 is 4.79 Å². The zero-order chi connectivity index (χ0) is 8.85. The molecule has 0 saturated heterocycles. The van der Waals surface area contributed by atoms with Crippen molar-refractivity contribution in [1.82, 2.24) is 10.2 Å². The highest BCUT2D eigenvalue weighted by Gasteiger charge is 2.03. The summed E-state index contributed by atoms with van der Waals surface area (Å²) in [6, 6.07) is 0. The SMILES string of the molecule is CCCC(=O)NC(=S)N(C)C. The predicted molar refractivity (Wildman–Crippen MR) is 49.3 cm³/mol. The van der Waals surface area contributed by atoms with Gasteiger partial charge in [0.05, 0.1) is 0 Å². The molecule has 3 nitrogen and oxygen atoms in total. The second-order valence-corrected chi connectivity index (χ2v) is 2.88. The van der Waals surface area contributed by atoms with Crippen molar-refractivity contribution in [3.63, 3.8) is 0 Å². The third-order valence-corrected chi connectivity index (χ3v) is 1.60. The van der Waals surface area contributed by atoms with Gasteiger partial charge in [-0.15, -0.1) is 0 Å². The number of nitrogens with zero attached hydrogens (tertiary/aromatic N) is 1. The minimum atomic E-state index is -0.00815. The minimum Gasteiger partial charge on any atom is -0.355 e. The van der Waals surface area contributed by atoms with Gasteiger partial charge < -0.3 is 10.2 Å². The number of hydrogen-bond acceptors (Lipinski definition) is 2. The highest BCUT2D eigenvalue weighted by molar-refractivity contribution is 7.80. The molecule has 1 N–H and O–H groups in total. The summed E-state index contributed by atoms with van der Waals surface area (Å²) in [4.78, 5) is 12.6. The van der Waals surface area contributed by atoms with Gasteiger partial charge in [-0.25, -0.2) is 0 Å². The molecule has 0 rings (SSSR count). The average molecular weight is 174 g/mol. The molecule has 1 amide bonds. The highest BCUT2D eigenvalue weighted by Crippen LogP contribution is 1.87. The average Bonchev–Trinajstić information content (AvgIpc) is 1.87. The smallest absolute Gasteiger partial charge is 0.226 e. The fraction of sp³-hybridized carbons (Fsp3) is 0.714. The second kappa shape index (κ2) is 5.07. The van der Waals surface area contributed by atoms with Gasteiger partial charge in [0.1, 0.15) is 0 Å². The molecule has 0 aliphatic heterocycles. The van der Waals surface area contributed by atoms with Crippen molar-refractivity contribution in [2.45, 2.75) is 19.8 Å². The van der Waals surface area contributed by atoms with Crippen molar-refractivity contribution >= 4 is 23.2 Å². The van der Waals surface area contributed by atoms with Crippen molar-refractivity contribution in [3.05, 3.63) is 0 Å². The Kier molecular flexibility index (Phi) is 4.77. The number of hydrogen-bond donors (Lipinski definition) is 1. The molecule has 0 bridgehead atoms. The summed E-state index contributed by atoms with van der Waals surface area (Å²) >= 11 is 4.86. The van der Waals surface area contributed by atoms with E-state index in [9.17, 15) is 4.79 Å². The van der Waals surface area contributed by atoms with Gasteiger partial charge in [-0.3, -0.25) is 4.79 Å². The lowest BCUT2D eigenvalue weighted by molar-refractivity contribution is -0.119. The first-order valence-electron chi connectivity index (χ1n) is 3.59. The Hall–Kier alpha value is -0.640. The lowest BCUT2D eigenvalue weighted by Crippen LogP contribution is -2.38. The Morgan fingerprint density at radius 3 is 2.45 bits per heavy atom. The molecular weight excluding hydrogens is 160 g/mol. The first-order chi connectivity index (χ1) is 5.07. The van der Waals surface area contributed by atoms with Gasteiger partial charge in [0.2, 0.25) is 5.91 Å². The van der Waals surface area contributed by atoms with Gasteiger partial charge in [0, 0.05) is 20.5 Å². The van der Waals surface area contributed by atoms with E-state index in [1.165, 1.54) is 0 Å². The van der Waals surface area contributed by atoms with E-state index in [2.05, 4.69) is 5.32 Å². The number of carbonyl (C=O) groups excluding carboxylic acids is 1. The lowest BCUT2D eigenvalue weighted by atomic mass is 10.3. The largest absolute Gasteiger partial charge is 0.355 e. The van der Waals surface area contributed by atoms with Crippen LogP contribution >= 0.6 is 12.2 Å². The van der Waals surface area contributed by atoms with Crippen LogP contribution in [0, 0.1) is 0 Å². The number of carbonyl (C=O) groups is 1. The molecule has 0 heterocycles. The van der Waals surface area contributed by atoms with Crippen LogP contribution in [0.4, 0.5) is 0 Å². The van der Waals surface area contributed by atoms with Crippen molar-refractivity contribution in [2.75, 3.05) is 14.1 Å². The molecule has 4 heteroatoms. The molecule has 0 aliphatic rings. The molecule has 0 fully saturated rings. The number of thiocarbonyl (C=S) groups is 1. The van der Waals surface area contributed by atoms with Crippen LogP contribution in [-0.2, 0) is 4.79 Å². The van der Waals surface area contributed by atoms with Crippen LogP contribution in [0.2, 0.25) is 0 Å². The third-order valence-electron chi connectivity index (χ3n) is 1.13. The van der Waals surface area contributed by atoms with E-state index in [1.54, 1.807) is 19.0 Å². The van der Waals surface area contributed by atoms with E-state index in [0.717, 1.165) is 6.42 Å². The van der Waals surface area contributed by atoms with E-state index in [4.69, 9.17) is 12.2 Å². The van der Waals surface area contributed by atoms with Crippen LogP contribution in [0.3, 0.4) is 0 Å². The van der Waals surface area contributed by atoms with Crippen molar-refractivity contribution in [3.8, 4) is 0 Å². The molecule has 64 valence electrons. The molecule has 0 atom stereocenters. The Morgan fingerprint density at radius 1 is 1.55 bits per heavy atom. The summed E-state index contributed by atoms with van der Waals surface area (Å²) in [7, 11) is 3.60. The van der Waals surface area contributed by atoms with E-state index in [-0.39, 0.29) is 5.91 Å². The van der Waals surface area contributed by atoms with Gasteiger partial charge in [0.15, 0.2) is 5.11 Å². The second-order valence-electron chi connectivity index (χ2n) is 2.50. The lowest BCUT2D eigenvalue weighted by Gasteiger charge is -2.13. The normalized spacial score (nSPS) is 9.00. The summed E-state index contributed by atoms with van der Waals surface area (Å²) in [5, 5.41) is 3.07. The first-order valence-corrected chi connectivity index (χ1v) is 4.00. The Balaban J connectivity index is 3.67. The van der Waals surface area contributed by atoms with E-state index in [0.29, 0.717) is 11.5 Å². The summed E-state index contributed by atoms with van der Waals surface area (Å²) in [6.07, 6.45) is 1.38. The van der Waals surface area contributed by atoms with Crippen LogP contribution in [-0.4, -0.2) is 30.0 Å². The summed E-state index contributed by atoms with van der Waals surface area (Å²) < 4.78 is 0. The van der Waals surface area contributed by atoms with Crippen LogP contribution in [0.15, 0.2) is 0 Å². The molecule has 0 spiro atoms. The standard InChI is InChI=1S/C7H14N2OS/c1-4-5-6(10)8-7(11)9(2)3/h4-5H2,1-3H3,(H,8,10,11). The van der Waals surface area contributed by atoms with Crippen LogP contribution in [0.5, 0.6) is 0 Å². The maximum atomic E-state index is 10.9. The third kappa shape index (κ3) is 4.72. The molecule has 0 aromatic heterocycles. The van der Waals surface area contributed by atoms with Crippen molar-refractivity contribution in [2.24, 2.45) is 0 Å². The quantitative estimate of drug-likeness (QED) is 0.627. The van der Waals surface area contributed by atoms with Crippen LogP contribution in [0.1, 0.15) is 19.8 Å². The maximum Gasteiger partial charge on any atom is 0.226 e. The Labute approximate surface area is 72.8 Å². The van der Waals surface area contributed by atoms with Gasteiger partial charge in [-0.05, 0) is 18.6 Å². The zero-order valence-electron chi connectivity index (χ0n) is 7.18. The molecule has 0 aromatic carbocycles. The molecule has 0 aliphatic carbocycles. The van der Waals surface area contributed by atoms with Gasteiger partial charge in [-0.1, -0.05) is 6.92 Å². The fourth-order valence-corrected chi connectivity index (χ4v) is 0.634. The zero-order valence-corrected chi connectivity index (χ0v) is 7.99. The number of amides is 1. The molecule has 0 saturated carbocycles. The summed E-state index contributed by atoms with van der Waals surface area (Å²) in [5.41, 5.74) is 0.